The van der Waals surface area contributed by atoms with Crippen molar-refractivity contribution in [3.05, 3.63) is 35.9 Å². The van der Waals surface area contributed by atoms with Gasteiger partial charge in [0, 0.05) is 32.7 Å². The summed E-state index contributed by atoms with van der Waals surface area (Å²) in [5.41, 5.74) is 1.03. The van der Waals surface area contributed by atoms with Crippen molar-refractivity contribution in [2.24, 2.45) is 5.92 Å². The Hall–Kier alpha value is -1.88. The molecule has 0 aliphatic carbocycles. The number of nitrogens with one attached hydrogen (secondary N) is 1. The van der Waals surface area contributed by atoms with Gasteiger partial charge in [0.1, 0.15) is 0 Å². The van der Waals surface area contributed by atoms with Crippen LogP contribution < -0.4 is 5.32 Å². The number of hydrogen-bond donors (Lipinski definition) is 1. The molecule has 0 atom stereocenters. The zero-order valence-electron chi connectivity index (χ0n) is 13.1. The molecule has 1 aromatic carbocycles. The summed E-state index contributed by atoms with van der Waals surface area (Å²) >= 11 is 0. The monoisotopic (exact) mass is 304 g/mol. The SMILES string of the molecule is COCCNC(=O)C1CCN(C(=O)Cc2ccccc2)CC1. The number of ether oxygens (including phenoxy) is 1. The number of nitrogens with zero attached hydrogens (tertiary/aromatic N) is 1. The average molecular weight is 304 g/mol. The van der Waals surface area contributed by atoms with Gasteiger partial charge in [0.15, 0.2) is 0 Å². The van der Waals surface area contributed by atoms with Crippen LogP contribution >= 0.6 is 0 Å². The van der Waals surface area contributed by atoms with Crippen LogP contribution in [-0.4, -0.2) is 50.1 Å². The Kier molecular flexibility index (Phi) is 6.40. The molecule has 1 heterocycles. The van der Waals surface area contributed by atoms with Crippen LogP contribution in [0.2, 0.25) is 0 Å². The van der Waals surface area contributed by atoms with E-state index in [-0.39, 0.29) is 17.7 Å². The van der Waals surface area contributed by atoms with Crippen molar-refractivity contribution < 1.29 is 14.3 Å². The lowest BCUT2D eigenvalue weighted by Gasteiger charge is -2.31. The van der Waals surface area contributed by atoms with Crippen LogP contribution in [0.15, 0.2) is 30.3 Å². The van der Waals surface area contributed by atoms with Crippen molar-refractivity contribution >= 4 is 11.8 Å². The van der Waals surface area contributed by atoms with Crippen molar-refractivity contribution in [3.63, 3.8) is 0 Å². The molecule has 120 valence electrons. The second-order valence-corrected chi connectivity index (χ2v) is 5.60. The fraction of sp³-hybridized carbons (Fsp3) is 0.529. The van der Waals surface area contributed by atoms with E-state index in [1.807, 2.05) is 35.2 Å². The van der Waals surface area contributed by atoms with Crippen LogP contribution in [0.3, 0.4) is 0 Å². The van der Waals surface area contributed by atoms with Crippen LogP contribution in [0.1, 0.15) is 18.4 Å². The summed E-state index contributed by atoms with van der Waals surface area (Å²) in [6, 6.07) is 9.77. The summed E-state index contributed by atoms with van der Waals surface area (Å²) in [6.07, 6.45) is 1.91. The van der Waals surface area contributed by atoms with Crippen LogP contribution in [-0.2, 0) is 20.7 Å². The van der Waals surface area contributed by atoms with Crippen molar-refractivity contribution in [1.82, 2.24) is 10.2 Å². The molecule has 5 heteroatoms. The minimum atomic E-state index is 0.0117. The summed E-state index contributed by atoms with van der Waals surface area (Å²) in [6.45, 7) is 2.39. The van der Waals surface area contributed by atoms with Gasteiger partial charge in [0.2, 0.25) is 11.8 Å². The van der Waals surface area contributed by atoms with E-state index in [0.29, 0.717) is 32.7 Å². The third-order valence-corrected chi connectivity index (χ3v) is 4.02. The minimum Gasteiger partial charge on any atom is -0.383 e. The molecule has 22 heavy (non-hydrogen) atoms. The Balaban J connectivity index is 1.74. The molecule has 1 aromatic rings. The molecule has 5 nitrogen and oxygen atoms in total. The largest absolute Gasteiger partial charge is 0.383 e. The zero-order chi connectivity index (χ0) is 15.8. The van der Waals surface area contributed by atoms with Crippen LogP contribution in [0.25, 0.3) is 0 Å². The van der Waals surface area contributed by atoms with Gasteiger partial charge in [0.25, 0.3) is 0 Å². The molecule has 1 fully saturated rings. The van der Waals surface area contributed by atoms with Crippen molar-refractivity contribution in [2.45, 2.75) is 19.3 Å². The quantitative estimate of drug-likeness (QED) is 0.804. The van der Waals surface area contributed by atoms with Gasteiger partial charge in [-0.1, -0.05) is 30.3 Å². The maximum atomic E-state index is 12.3. The Labute approximate surface area is 131 Å². The fourth-order valence-electron chi connectivity index (χ4n) is 2.69. The second kappa shape index (κ2) is 8.54. The van der Waals surface area contributed by atoms with Gasteiger partial charge >= 0.3 is 0 Å². The lowest BCUT2D eigenvalue weighted by Crippen LogP contribution is -2.44. The lowest BCUT2D eigenvalue weighted by atomic mass is 9.95. The number of hydrogen-bond acceptors (Lipinski definition) is 3. The summed E-state index contributed by atoms with van der Waals surface area (Å²) in [5.74, 6) is 0.231. The van der Waals surface area contributed by atoms with E-state index in [9.17, 15) is 9.59 Å². The van der Waals surface area contributed by atoms with Crippen LogP contribution in [0.4, 0.5) is 0 Å². The second-order valence-electron chi connectivity index (χ2n) is 5.60. The molecule has 0 saturated carbocycles. The molecule has 0 spiro atoms. The number of carbonyl (C=O) groups excluding carboxylic acids is 2. The molecule has 0 unspecified atom stereocenters. The minimum absolute atomic E-state index is 0.0117. The van der Waals surface area contributed by atoms with Crippen LogP contribution in [0, 0.1) is 5.92 Å². The molecule has 0 bridgehead atoms. The predicted molar refractivity (Wildman–Crippen MR) is 84.3 cm³/mol. The first-order valence-corrected chi connectivity index (χ1v) is 7.79. The highest BCUT2D eigenvalue weighted by molar-refractivity contribution is 5.81. The Morgan fingerprint density at radius 1 is 1.23 bits per heavy atom. The first-order valence-electron chi connectivity index (χ1n) is 7.79. The lowest BCUT2D eigenvalue weighted by molar-refractivity contribution is -0.135. The van der Waals surface area contributed by atoms with Crippen LogP contribution in [0.5, 0.6) is 0 Å². The molecule has 1 aliphatic heterocycles. The smallest absolute Gasteiger partial charge is 0.226 e. The van der Waals surface area contributed by atoms with Gasteiger partial charge in [-0.15, -0.1) is 0 Å². The summed E-state index contributed by atoms with van der Waals surface area (Å²) in [7, 11) is 1.61. The fourth-order valence-corrected chi connectivity index (χ4v) is 2.69. The highest BCUT2D eigenvalue weighted by Crippen LogP contribution is 2.18. The van der Waals surface area contributed by atoms with E-state index >= 15 is 0 Å². The Morgan fingerprint density at radius 3 is 2.55 bits per heavy atom. The molecule has 2 rings (SSSR count). The van der Waals surface area contributed by atoms with Gasteiger partial charge < -0.3 is 15.0 Å². The third kappa shape index (κ3) is 4.84. The van der Waals surface area contributed by atoms with E-state index in [2.05, 4.69) is 5.32 Å². The van der Waals surface area contributed by atoms with Gasteiger partial charge in [-0.2, -0.15) is 0 Å². The molecule has 0 aromatic heterocycles. The first-order chi connectivity index (χ1) is 10.7. The topological polar surface area (TPSA) is 58.6 Å². The maximum Gasteiger partial charge on any atom is 0.226 e. The Morgan fingerprint density at radius 2 is 1.91 bits per heavy atom. The molecule has 2 amide bonds. The number of methoxy groups -OCH3 is 1. The normalized spacial score (nSPS) is 15.6. The molecular weight excluding hydrogens is 280 g/mol. The number of benzene rings is 1. The van der Waals surface area contributed by atoms with Crippen molar-refractivity contribution in [1.29, 1.82) is 0 Å². The first kappa shape index (κ1) is 16.5. The van der Waals surface area contributed by atoms with E-state index in [1.165, 1.54) is 0 Å². The molecule has 1 aliphatic rings. The van der Waals surface area contributed by atoms with E-state index in [1.54, 1.807) is 7.11 Å². The molecule has 1 N–H and O–H groups in total. The van der Waals surface area contributed by atoms with Gasteiger partial charge in [-0.3, -0.25) is 9.59 Å². The predicted octanol–water partition coefficient (Wildman–Crippen LogP) is 1.23. The maximum absolute atomic E-state index is 12.3. The molecule has 0 radical (unpaired) electrons. The van der Waals surface area contributed by atoms with E-state index in [0.717, 1.165) is 18.4 Å². The highest BCUT2D eigenvalue weighted by atomic mass is 16.5. The van der Waals surface area contributed by atoms with Gasteiger partial charge in [-0.25, -0.2) is 0 Å². The number of likely N-dealkylation sites (tertiary alicyclic amines) is 1. The third-order valence-electron chi connectivity index (χ3n) is 4.02. The number of amides is 2. The highest BCUT2D eigenvalue weighted by Gasteiger charge is 2.26. The number of rotatable bonds is 6. The van der Waals surface area contributed by atoms with E-state index in [4.69, 9.17) is 4.74 Å². The number of piperidine rings is 1. The average Bonchev–Trinajstić information content (AvgIpc) is 2.56. The summed E-state index contributed by atoms with van der Waals surface area (Å²) in [5, 5.41) is 2.87. The molecule has 1 saturated heterocycles. The van der Waals surface area contributed by atoms with Gasteiger partial charge in [0.05, 0.1) is 13.0 Å². The zero-order valence-corrected chi connectivity index (χ0v) is 13.1. The Bertz CT molecular complexity index is 482. The van der Waals surface area contributed by atoms with Crippen molar-refractivity contribution in [2.75, 3.05) is 33.4 Å². The number of carbonyl (C=O) groups is 2. The van der Waals surface area contributed by atoms with Crippen molar-refractivity contribution in [3.8, 4) is 0 Å². The summed E-state index contributed by atoms with van der Waals surface area (Å²) < 4.78 is 4.92. The summed E-state index contributed by atoms with van der Waals surface area (Å²) in [4.78, 5) is 26.1. The molecular formula is C17H24N2O3. The van der Waals surface area contributed by atoms with E-state index < -0.39 is 0 Å². The van der Waals surface area contributed by atoms with Gasteiger partial charge in [-0.05, 0) is 18.4 Å². The standard InChI is InChI=1S/C17H24N2O3/c1-22-12-9-18-17(21)15-7-10-19(11-8-15)16(20)13-14-5-3-2-4-6-14/h2-6,15H,7-13H2,1H3,(H,18,21).